The molecule has 9 nitrogen and oxygen atoms in total. The summed E-state index contributed by atoms with van der Waals surface area (Å²) in [5.41, 5.74) is -0.276. The smallest absolute Gasteiger partial charge is 0.407 e. The molecule has 0 spiro atoms. The zero-order valence-electron chi connectivity index (χ0n) is 19.9. The van der Waals surface area contributed by atoms with Gasteiger partial charge in [-0.2, -0.15) is 0 Å². The lowest BCUT2D eigenvalue weighted by molar-refractivity contribution is -0.141. The number of alkyl carbamates (subject to hydrolysis) is 1. The van der Waals surface area contributed by atoms with E-state index in [1.807, 2.05) is 13.8 Å². The normalized spacial score (nSPS) is 26.2. The summed E-state index contributed by atoms with van der Waals surface area (Å²) in [5.74, 6) is -1.66. The molecule has 180 valence electrons. The Morgan fingerprint density at radius 3 is 2.44 bits per heavy atom. The van der Waals surface area contributed by atoms with E-state index >= 15 is 0 Å². The maximum atomic E-state index is 12.6. The highest BCUT2D eigenvalue weighted by molar-refractivity contribution is 6.22. The fraction of sp³-hybridized carbons (Fsp3) is 0.739. The molecule has 0 heterocycles. The topological polar surface area (TPSA) is 135 Å². The zero-order valence-corrected chi connectivity index (χ0v) is 19.9. The highest BCUT2D eigenvalue weighted by Gasteiger charge is 2.40. The standard InChI is InChI=1S/C23H36N2O7/c1-13(19-16(26)11-23(5,6)12-17(19)27)25-15-9-14(20(28)29)10-18(15)31-8-7-24-21(30)32-22(2,3)4/h14-15,18,26H,7-12H2,1-6H3,(H,24,30)(H,28,29)/t14-,15+,18+/m1/s1. The van der Waals surface area contributed by atoms with E-state index in [9.17, 15) is 24.6 Å². The quantitative estimate of drug-likeness (QED) is 0.398. The molecule has 0 unspecified atom stereocenters. The number of ketones is 1. The molecule has 2 rings (SSSR count). The number of aliphatic carboxylic acids is 1. The maximum absolute atomic E-state index is 12.6. The molecule has 1 amide bonds. The number of nitrogens with one attached hydrogen (secondary N) is 1. The van der Waals surface area contributed by atoms with Crippen molar-refractivity contribution in [1.29, 1.82) is 0 Å². The van der Waals surface area contributed by atoms with Crippen molar-refractivity contribution in [2.75, 3.05) is 13.2 Å². The van der Waals surface area contributed by atoms with Gasteiger partial charge in [0.1, 0.15) is 11.4 Å². The van der Waals surface area contributed by atoms with Crippen LogP contribution in [0.15, 0.2) is 16.3 Å². The van der Waals surface area contributed by atoms with Crippen molar-refractivity contribution in [2.24, 2.45) is 16.3 Å². The van der Waals surface area contributed by atoms with E-state index in [0.29, 0.717) is 18.6 Å². The van der Waals surface area contributed by atoms with Crippen molar-refractivity contribution in [3.63, 3.8) is 0 Å². The van der Waals surface area contributed by atoms with E-state index in [2.05, 4.69) is 10.3 Å². The van der Waals surface area contributed by atoms with Gasteiger partial charge in [0.15, 0.2) is 5.78 Å². The van der Waals surface area contributed by atoms with Crippen LogP contribution in [0.4, 0.5) is 4.79 Å². The van der Waals surface area contributed by atoms with E-state index in [4.69, 9.17) is 9.47 Å². The number of aliphatic imine (C=N–C) groups is 1. The summed E-state index contributed by atoms with van der Waals surface area (Å²) in [6.45, 7) is 11.2. The molecule has 2 aliphatic rings. The van der Waals surface area contributed by atoms with Crippen molar-refractivity contribution in [3.8, 4) is 0 Å². The van der Waals surface area contributed by atoms with Gasteiger partial charge < -0.3 is 25.0 Å². The molecule has 0 aromatic rings. The number of amides is 1. The first kappa shape index (κ1) is 25.8. The highest BCUT2D eigenvalue weighted by atomic mass is 16.6. The number of carboxylic acid groups (broad SMARTS) is 1. The number of Topliss-reactive ketones (excluding diaryl/α,β-unsaturated/α-hetero) is 1. The van der Waals surface area contributed by atoms with Crippen molar-refractivity contribution < 1.29 is 34.1 Å². The van der Waals surface area contributed by atoms with Crippen LogP contribution < -0.4 is 5.32 Å². The van der Waals surface area contributed by atoms with Crippen LogP contribution in [0, 0.1) is 11.3 Å². The molecular weight excluding hydrogens is 416 g/mol. The summed E-state index contributed by atoms with van der Waals surface area (Å²) in [4.78, 5) is 40.5. The lowest BCUT2D eigenvalue weighted by Crippen LogP contribution is -2.35. The number of hydrogen-bond acceptors (Lipinski definition) is 7. The Bertz CT molecular complexity index is 808. The lowest BCUT2D eigenvalue weighted by atomic mass is 9.75. The number of ether oxygens (including phenoxy) is 2. The minimum absolute atomic E-state index is 0.0271. The van der Waals surface area contributed by atoms with Gasteiger partial charge >= 0.3 is 12.1 Å². The summed E-state index contributed by atoms with van der Waals surface area (Å²) >= 11 is 0. The van der Waals surface area contributed by atoms with Crippen molar-refractivity contribution in [3.05, 3.63) is 11.3 Å². The minimum Gasteiger partial charge on any atom is -0.511 e. The van der Waals surface area contributed by atoms with Crippen molar-refractivity contribution >= 4 is 23.6 Å². The number of carbonyl (C=O) groups is 3. The molecule has 0 aliphatic heterocycles. The van der Waals surface area contributed by atoms with E-state index in [1.165, 1.54) is 0 Å². The average molecular weight is 453 g/mol. The summed E-state index contributed by atoms with van der Waals surface area (Å²) in [5, 5.41) is 22.5. The molecule has 32 heavy (non-hydrogen) atoms. The molecule has 0 bridgehead atoms. The molecule has 9 heteroatoms. The Kier molecular flexibility index (Phi) is 8.09. The molecule has 0 saturated heterocycles. The van der Waals surface area contributed by atoms with Crippen LogP contribution in [0.3, 0.4) is 0 Å². The third-order valence-electron chi connectivity index (χ3n) is 5.50. The van der Waals surface area contributed by atoms with Crippen LogP contribution in [-0.2, 0) is 19.1 Å². The third-order valence-corrected chi connectivity index (χ3v) is 5.50. The minimum atomic E-state index is -0.918. The van der Waals surface area contributed by atoms with Gasteiger partial charge in [0.2, 0.25) is 0 Å². The SMILES string of the molecule is CC(=N[C@H]1C[C@@H](C(=O)O)C[C@@H]1OCCNC(=O)OC(C)(C)C)C1=C(O)CC(C)(C)CC1=O. The Morgan fingerprint density at radius 2 is 1.88 bits per heavy atom. The van der Waals surface area contributed by atoms with Crippen LogP contribution in [0.2, 0.25) is 0 Å². The average Bonchev–Trinajstić information content (AvgIpc) is 2.98. The van der Waals surface area contributed by atoms with E-state index < -0.39 is 35.7 Å². The number of carboxylic acids is 1. The fourth-order valence-corrected chi connectivity index (χ4v) is 4.18. The first-order chi connectivity index (χ1) is 14.7. The van der Waals surface area contributed by atoms with Gasteiger partial charge in [-0.15, -0.1) is 0 Å². The molecule has 1 fully saturated rings. The highest BCUT2D eigenvalue weighted by Crippen LogP contribution is 2.37. The summed E-state index contributed by atoms with van der Waals surface area (Å²) < 4.78 is 11.0. The second-order valence-electron chi connectivity index (χ2n) is 10.4. The van der Waals surface area contributed by atoms with Gasteiger partial charge in [0.05, 0.1) is 30.2 Å². The Balaban J connectivity index is 2.05. The van der Waals surface area contributed by atoms with E-state index in [-0.39, 0.29) is 48.5 Å². The number of aliphatic hydroxyl groups is 1. The van der Waals surface area contributed by atoms with Crippen LogP contribution in [-0.4, -0.2) is 64.7 Å². The molecule has 0 radical (unpaired) electrons. The summed E-state index contributed by atoms with van der Waals surface area (Å²) in [6, 6.07) is -0.458. The third kappa shape index (κ3) is 7.32. The number of carbonyl (C=O) groups excluding carboxylic acids is 2. The summed E-state index contributed by atoms with van der Waals surface area (Å²) in [7, 11) is 0. The Morgan fingerprint density at radius 1 is 1.22 bits per heavy atom. The molecule has 3 atom stereocenters. The van der Waals surface area contributed by atoms with Gasteiger partial charge in [0.25, 0.3) is 0 Å². The molecule has 0 aromatic heterocycles. The largest absolute Gasteiger partial charge is 0.511 e. The van der Waals surface area contributed by atoms with Gasteiger partial charge in [-0.05, 0) is 46.0 Å². The Labute approximate surface area is 189 Å². The van der Waals surface area contributed by atoms with E-state index in [0.717, 1.165) is 0 Å². The van der Waals surface area contributed by atoms with Gasteiger partial charge in [-0.25, -0.2) is 4.79 Å². The molecule has 0 aromatic carbocycles. The number of rotatable bonds is 7. The van der Waals surface area contributed by atoms with Crippen LogP contribution in [0.25, 0.3) is 0 Å². The van der Waals surface area contributed by atoms with Gasteiger partial charge in [-0.3, -0.25) is 14.6 Å². The number of hydrogen-bond donors (Lipinski definition) is 3. The fourth-order valence-electron chi connectivity index (χ4n) is 4.18. The van der Waals surface area contributed by atoms with Gasteiger partial charge in [0, 0.05) is 25.1 Å². The summed E-state index contributed by atoms with van der Waals surface area (Å²) in [6.07, 6.45) is 0.254. The zero-order chi connectivity index (χ0) is 24.3. The molecular formula is C23H36N2O7. The first-order valence-corrected chi connectivity index (χ1v) is 11.0. The van der Waals surface area contributed by atoms with E-state index in [1.54, 1.807) is 27.7 Å². The second-order valence-corrected chi connectivity index (χ2v) is 10.4. The van der Waals surface area contributed by atoms with Crippen molar-refractivity contribution in [1.82, 2.24) is 5.32 Å². The van der Waals surface area contributed by atoms with Crippen LogP contribution in [0.5, 0.6) is 0 Å². The monoisotopic (exact) mass is 452 g/mol. The lowest BCUT2D eigenvalue weighted by Gasteiger charge is -2.29. The number of aliphatic hydroxyl groups excluding tert-OH is 1. The second kappa shape index (κ2) is 10.0. The predicted octanol–water partition coefficient (Wildman–Crippen LogP) is 3.42. The van der Waals surface area contributed by atoms with Gasteiger partial charge in [-0.1, -0.05) is 13.8 Å². The Hall–Kier alpha value is -2.42. The predicted molar refractivity (Wildman–Crippen MR) is 119 cm³/mol. The first-order valence-electron chi connectivity index (χ1n) is 11.0. The number of nitrogens with zero attached hydrogens (tertiary/aromatic N) is 1. The van der Waals surface area contributed by atoms with Crippen LogP contribution >= 0.6 is 0 Å². The van der Waals surface area contributed by atoms with Crippen molar-refractivity contribution in [2.45, 2.75) is 85.0 Å². The van der Waals surface area contributed by atoms with Crippen LogP contribution in [0.1, 0.15) is 67.2 Å². The maximum Gasteiger partial charge on any atom is 0.407 e. The molecule has 3 N–H and O–H groups in total. The number of allylic oxidation sites excluding steroid dienone is 2. The molecule has 1 saturated carbocycles. The molecule has 2 aliphatic carbocycles.